The van der Waals surface area contributed by atoms with Crippen molar-refractivity contribution in [1.82, 2.24) is 4.90 Å². The Morgan fingerprint density at radius 1 is 1.09 bits per heavy atom. The van der Waals surface area contributed by atoms with Crippen molar-refractivity contribution in [3.63, 3.8) is 0 Å². The average molecular weight is 499 g/mol. The zero-order valence-corrected chi connectivity index (χ0v) is 20.5. The lowest BCUT2D eigenvalue weighted by Gasteiger charge is -2.44. The number of carbonyl (C=O) groups excluding carboxylic acids is 3. The number of ketones is 1. The maximum absolute atomic E-state index is 13.3. The molecule has 0 bridgehead atoms. The molecule has 2 aromatic rings. The number of hydrogen-bond acceptors (Lipinski definition) is 6. The number of halogens is 1. The first-order valence-corrected chi connectivity index (χ1v) is 12.0. The molecule has 1 atom stereocenters. The van der Waals surface area contributed by atoms with Gasteiger partial charge in [0, 0.05) is 43.9 Å². The molecule has 3 aliphatic rings. The lowest BCUT2D eigenvalue weighted by atomic mass is 9.82. The molecule has 35 heavy (non-hydrogen) atoms. The fourth-order valence-electron chi connectivity index (χ4n) is 5.25. The second kappa shape index (κ2) is 9.07. The number of fused-ring (bicyclic) bond motifs is 1. The summed E-state index contributed by atoms with van der Waals surface area (Å²) in [5.41, 5.74) is 0.498. The Labute approximate surface area is 208 Å². The number of likely N-dealkylation sites (tertiary alicyclic amines) is 1. The molecule has 2 aromatic carbocycles. The molecule has 184 valence electrons. The van der Waals surface area contributed by atoms with Crippen LogP contribution in [0.25, 0.3) is 0 Å². The van der Waals surface area contributed by atoms with Crippen molar-refractivity contribution in [2.45, 2.75) is 31.3 Å². The van der Waals surface area contributed by atoms with Crippen molar-refractivity contribution in [1.29, 1.82) is 0 Å². The van der Waals surface area contributed by atoms with Crippen molar-refractivity contribution >= 4 is 34.9 Å². The number of carbonyl (C=O) groups is 3. The Kier molecular flexibility index (Phi) is 6.09. The highest BCUT2D eigenvalue weighted by Gasteiger charge is 2.45. The van der Waals surface area contributed by atoms with Gasteiger partial charge in [-0.05, 0) is 36.4 Å². The molecular weight excluding hydrogens is 472 g/mol. The Bertz CT molecular complexity index is 1190. The minimum atomic E-state index is -0.610. The molecule has 2 fully saturated rings. The highest BCUT2D eigenvalue weighted by molar-refractivity contribution is 6.31. The van der Waals surface area contributed by atoms with E-state index < -0.39 is 11.5 Å². The number of Topliss-reactive ketones (excluding diaryl/α,β-unsaturated/α-hetero) is 1. The second-order valence-electron chi connectivity index (χ2n) is 9.29. The van der Waals surface area contributed by atoms with E-state index >= 15 is 0 Å². The molecule has 0 radical (unpaired) electrons. The van der Waals surface area contributed by atoms with Gasteiger partial charge in [0.1, 0.15) is 22.8 Å². The van der Waals surface area contributed by atoms with Crippen LogP contribution in [0.5, 0.6) is 17.2 Å². The number of nitrogens with zero attached hydrogens (tertiary/aromatic N) is 2. The minimum absolute atomic E-state index is 0.0254. The molecule has 2 amide bonds. The highest BCUT2D eigenvalue weighted by Crippen LogP contribution is 2.41. The van der Waals surface area contributed by atoms with Gasteiger partial charge in [-0.1, -0.05) is 11.6 Å². The summed E-state index contributed by atoms with van der Waals surface area (Å²) < 4.78 is 16.9. The predicted molar refractivity (Wildman–Crippen MR) is 130 cm³/mol. The van der Waals surface area contributed by atoms with E-state index in [0.717, 1.165) is 0 Å². The number of benzene rings is 2. The molecular formula is C26H27ClN2O6. The molecule has 0 aromatic heterocycles. The second-order valence-corrected chi connectivity index (χ2v) is 9.73. The summed E-state index contributed by atoms with van der Waals surface area (Å²) in [4.78, 5) is 42.3. The van der Waals surface area contributed by atoms with Crippen LogP contribution in [0, 0.1) is 5.92 Å². The average Bonchev–Trinajstić information content (AvgIpc) is 3.25. The monoisotopic (exact) mass is 498 g/mol. The van der Waals surface area contributed by atoms with E-state index in [9.17, 15) is 14.4 Å². The van der Waals surface area contributed by atoms with E-state index in [1.165, 1.54) is 7.11 Å². The van der Waals surface area contributed by atoms with Crippen LogP contribution in [0.3, 0.4) is 0 Å². The Balaban J connectivity index is 1.25. The van der Waals surface area contributed by atoms with Crippen LogP contribution >= 0.6 is 11.6 Å². The van der Waals surface area contributed by atoms with Crippen LogP contribution in [0.2, 0.25) is 5.02 Å². The topological polar surface area (TPSA) is 85.4 Å². The first-order valence-electron chi connectivity index (χ1n) is 11.7. The van der Waals surface area contributed by atoms with E-state index in [-0.39, 0.29) is 37.0 Å². The SMILES string of the molecule is COc1ccc2c(c1)C(=O)CC1(CCN(C(=O)C3CC(=O)N(c4cc(Cl)ccc4OC)C3)CC1)O2. The van der Waals surface area contributed by atoms with Gasteiger partial charge in [0.05, 0.1) is 37.8 Å². The molecule has 9 heteroatoms. The molecule has 1 unspecified atom stereocenters. The number of methoxy groups -OCH3 is 2. The molecule has 0 aliphatic carbocycles. The fourth-order valence-corrected chi connectivity index (χ4v) is 5.42. The van der Waals surface area contributed by atoms with Gasteiger partial charge in [0.2, 0.25) is 11.8 Å². The Morgan fingerprint density at radius 3 is 2.57 bits per heavy atom. The van der Waals surface area contributed by atoms with Gasteiger partial charge in [-0.2, -0.15) is 0 Å². The quantitative estimate of drug-likeness (QED) is 0.638. The van der Waals surface area contributed by atoms with Crippen LogP contribution < -0.4 is 19.1 Å². The van der Waals surface area contributed by atoms with Gasteiger partial charge in [-0.15, -0.1) is 0 Å². The Hall–Kier alpha value is -3.26. The lowest BCUT2D eigenvalue weighted by Crippen LogP contribution is -2.53. The highest BCUT2D eigenvalue weighted by atomic mass is 35.5. The van der Waals surface area contributed by atoms with E-state index in [4.69, 9.17) is 25.8 Å². The van der Waals surface area contributed by atoms with Crippen LogP contribution in [0.4, 0.5) is 5.69 Å². The summed E-state index contributed by atoms with van der Waals surface area (Å²) in [6.45, 7) is 1.23. The van der Waals surface area contributed by atoms with Gasteiger partial charge in [-0.25, -0.2) is 0 Å². The zero-order chi connectivity index (χ0) is 24.7. The number of rotatable bonds is 4. The van der Waals surface area contributed by atoms with E-state index in [0.29, 0.717) is 59.5 Å². The number of hydrogen-bond donors (Lipinski definition) is 0. The first kappa shape index (κ1) is 23.5. The smallest absolute Gasteiger partial charge is 0.228 e. The van der Waals surface area contributed by atoms with Gasteiger partial charge >= 0.3 is 0 Å². The van der Waals surface area contributed by atoms with Crippen molar-refractivity contribution in [3.05, 3.63) is 47.0 Å². The number of anilines is 1. The molecule has 3 heterocycles. The fraction of sp³-hybridized carbons (Fsp3) is 0.423. The van der Waals surface area contributed by atoms with E-state index in [1.54, 1.807) is 53.3 Å². The summed E-state index contributed by atoms with van der Waals surface area (Å²) in [7, 11) is 3.10. The maximum atomic E-state index is 13.3. The third kappa shape index (κ3) is 4.31. The largest absolute Gasteiger partial charge is 0.497 e. The number of ether oxygens (including phenoxy) is 3. The van der Waals surface area contributed by atoms with Crippen LogP contribution in [-0.4, -0.2) is 62.0 Å². The summed E-state index contributed by atoms with van der Waals surface area (Å²) in [5.74, 6) is 1.11. The molecule has 2 saturated heterocycles. The van der Waals surface area contributed by atoms with Crippen molar-refractivity contribution in [2.75, 3.05) is 38.8 Å². The summed E-state index contributed by atoms with van der Waals surface area (Å²) >= 11 is 6.14. The van der Waals surface area contributed by atoms with E-state index in [2.05, 4.69) is 0 Å². The summed E-state index contributed by atoms with van der Waals surface area (Å²) in [6, 6.07) is 10.4. The molecule has 0 saturated carbocycles. The van der Waals surface area contributed by atoms with Crippen LogP contribution in [-0.2, 0) is 9.59 Å². The third-order valence-electron chi connectivity index (χ3n) is 7.19. The molecule has 5 rings (SSSR count). The van der Waals surface area contributed by atoms with Crippen LogP contribution in [0.1, 0.15) is 36.0 Å². The molecule has 1 spiro atoms. The van der Waals surface area contributed by atoms with Gasteiger partial charge < -0.3 is 24.0 Å². The lowest BCUT2D eigenvalue weighted by molar-refractivity contribution is -0.139. The van der Waals surface area contributed by atoms with Gasteiger partial charge in [-0.3, -0.25) is 14.4 Å². The van der Waals surface area contributed by atoms with E-state index in [1.807, 2.05) is 0 Å². The molecule has 3 aliphatic heterocycles. The maximum Gasteiger partial charge on any atom is 0.228 e. The minimum Gasteiger partial charge on any atom is -0.497 e. The predicted octanol–water partition coefficient (Wildman–Crippen LogP) is 3.74. The van der Waals surface area contributed by atoms with Crippen molar-refractivity contribution in [2.24, 2.45) is 5.92 Å². The third-order valence-corrected chi connectivity index (χ3v) is 7.42. The molecule has 0 N–H and O–H groups in total. The number of piperidine rings is 1. The first-order chi connectivity index (χ1) is 16.8. The normalized spacial score (nSPS) is 21.1. The summed E-state index contributed by atoms with van der Waals surface area (Å²) in [6.07, 6.45) is 1.53. The zero-order valence-electron chi connectivity index (χ0n) is 19.7. The van der Waals surface area contributed by atoms with Crippen molar-refractivity contribution in [3.8, 4) is 17.2 Å². The Morgan fingerprint density at radius 2 is 1.86 bits per heavy atom. The summed E-state index contributed by atoms with van der Waals surface area (Å²) in [5, 5.41) is 0.492. The molecule has 8 nitrogen and oxygen atoms in total. The standard InChI is InChI=1S/C26H27ClN2O6/c1-33-18-4-6-22-19(13-18)21(30)14-26(35-22)7-9-28(10-8-26)25(32)16-11-24(31)29(15-16)20-12-17(27)3-5-23(20)34-2/h3-6,12-13,16H,7-11,14-15H2,1-2H3. The number of amides is 2. The van der Waals surface area contributed by atoms with Gasteiger partial charge in [0.15, 0.2) is 5.78 Å². The van der Waals surface area contributed by atoms with Gasteiger partial charge in [0.25, 0.3) is 0 Å². The van der Waals surface area contributed by atoms with Crippen molar-refractivity contribution < 1.29 is 28.6 Å². The van der Waals surface area contributed by atoms with Crippen LogP contribution in [0.15, 0.2) is 36.4 Å².